The first-order valence-electron chi connectivity index (χ1n) is 10.3. The number of halogens is 1. The number of nitrogen functional groups attached to an aromatic ring is 1. The van der Waals surface area contributed by atoms with Crippen LogP contribution in [-0.2, 0) is 11.3 Å². The van der Waals surface area contributed by atoms with E-state index < -0.39 is 29.1 Å². The van der Waals surface area contributed by atoms with E-state index in [1.165, 1.54) is 12.1 Å². The van der Waals surface area contributed by atoms with E-state index in [9.17, 15) is 14.0 Å². The minimum absolute atomic E-state index is 0.0270. The highest BCUT2D eigenvalue weighted by Gasteiger charge is 2.34. The van der Waals surface area contributed by atoms with E-state index in [2.05, 4.69) is 15.7 Å². The van der Waals surface area contributed by atoms with E-state index in [1.54, 1.807) is 22.9 Å². The largest absolute Gasteiger partial charge is 0.399 e. The molecule has 5 N–H and O–H groups in total. The van der Waals surface area contributed by atoms with Gasteiger partial charge in [-0.05, 0) is 41.3 Å². The Kier molecular flexibility index (Phi) is 6.78. The highest BCUT2D eigenvalue weighted by Crippen LogP contribution is 2.24. The molecule has 3 aromatic rings. The van der Waals surface area contributed by atoms with Crippen LogP contribution in [0, 0.1) is 11.2 Å². The number of amides is 2. The highest BCUT2D eigenvalue weighted by molar-refractivity contribution is 6.06. The molecule has 170 valence electrons. The zero-order chi connectivity index (χ0) is 23.5. The van der Waals surface area contributed by atoms with Crippen LogP contribution < -0.4 is 16.4 Å². The van der Waals surface area contributed by atoms with E-state index >= 15 is 0 Å². The molecule has 8 nitrogen and oxygen atoms in total. The minimum Gasteiger partial charge on any atom is -0.399 e. The summed E-state index contributed by atoms with van der Waals surface area (Å²) in [6.07, 6.45) is 0. The molecule has 32 heavy (non-hydrogen) atoms. The lowest BCUT2D eigenvalue weighted by atomic mass is 9.86. The van der Waals surface area contributed by atoms with Crippen molar-refractivity contribution >= 4 is 28.4 Å². The number of nitrogens with one attached hydrogen (secondary N) is 2. The zero-order valence-electron chi connectivity index (χ0n) is 18.4. The number of hydrogen-bond acceptors (Lipinski definition) is 5. The average Bonchev–Trinajstić information content (AvgIpc) is 3.08. The number of anilines is 1. The number of nitrogens with zero attached hydrogens (tertiary/aromatic N) is 2. The molecule has 2 amide bonds. The Morgan fingerprint density at radius 1 is 1.19 bits per heavy atom. The minimum atomic E-state index is -0.882. The number of rotatable bonds is 7. The lowest BCUT2D eigenvalue weighted by Crippen LogP contribution is -2.54. The van der Waals surface area contributed by atoms with Crippen LogP contribution in [0.5, 0.6) is 0 Å². The third-order valence-corrected chi connectivity index (χ3v) is 5.05. The maximum atomic E-state index is 14.0. The molecule has 1 atom stereocenters. The smallest absolute Gasteiger partial charge is 0.273 e. The molecule has 0 fully saturated rings. The Morgan fingerprint density at radius 2 is 1.88 bits per heavy atom. The number of benzene rings is 2. The van der Waals surface area contributed by atoms with Crippen LogP contribution in [0.1, 0.15) is 36.8 Å². The normalized spacial score (nSPS) is 12.5. The van der Waals surface area contributed by atoms with Crippen molar-refractivity contribution in [3.8, 4) is 0 Å². The lowest BCUT2D eigenvalue weighted by Gasteiger charge is -2.30. The standard InChI is InChI=1S/C23H28FN5O3/c1-23(2,3)20(22(32)26-10-11-30)27-21(31)19-17-12-15(24)6-9-18(17)29(28-19)13-14-4-7-16(25)8-5-14/h4-9,12,20,30H,10-11,13,25H2,1-3H3,(H,26,32)(H,27,31). The van der Waals surface area contributed by atoms with Crippen molar-refractivity contribution < 1.29 is 19.1 Å². The number of fused-ring (bicyclic) bond motifs is 1. The van der Waals surface area contributed by atoms with Crippen LogP contribution >= 0.6 is 0 Å². The van der Waals surface area contributed by atoms with E-state index in [-0.39, 0.29) is 18.8 Å². The molecular formula is C23H28FN5O3. The Hall–Kier alpha value is -3.46. The predicted molar refractivity (Wildman–Crippen MR) is 120 cm³/mol. The van der Waals surface area contributed by atoms with Gasteiger partial charge >= 0.3 is 0 Å². The number of aliphatic hydroxyl groups excluding tert-OH is 1. The van der Waals surface area contributed by atoms with Crippen molar-refractivity contribution in [2.24, 2.45) is 5.41 Å². The highest BCUT2D eigenvalue weighted by atomic mass is 19.1. The number of hydrogen-bond donors (Lipinski definition) is 4. The molecule has 0 aliphatic rings. The summed E-state index contributed by atoms with van der Waals surface area (Å²) in [6.45, 7) is 5.66. The van der Waals surface area contributed by atoms with Crippen LogP contribution in [0.25, 0.3) is 10.9 Å². The van der Waals surface area contributed by atoms with Crippen molar-refractivity contribution in [2.45, 2.75) is 33.4 Å². The molecule has 1 aromatic heterocycles. The number of nitrogens with two attached hydrogens (primary N) is 1. The predicted octanol–water partition coefficient (Wildman–Crippen LogP) is 2.06. The average molecular weight is 442 g/mol. The quantitative estimate of drug-likeness (QED) is 0.418. The van der Waals surface area contributed by atoms with E-state index in [0.29, 0.717) is 23.1 Å². The van der Waals surface area contributed by atoms with Gasteiger partial charge in [0.15, 0.2) is 5.69 Å². The summed E-state index contributed by atoms with van der Waals surface area (Å²) in [5.41, 5.74) is 7.30. The lowest BCUT2D eigenvalue weighted by molar-refractivity contribution is -0.125. The van der Waals surface area contributed by atoms with Crippen LogP contribution in [0.15, 0.2) is 42.5 Å². The van der Waals surface area contributed by atoms with Gasteiger partial charge in [-0.15, -0.1) is 0 Å². The Morgan fingerprint density at radius 3 is 2.50 bits per heavy atom. The summed E-state index contributed by atoms with van der Waals surface area (Å²) >= 11 is 0. The summed E-state index contributed by atoms with van der Waals surface area (Å²) in [5.74, 6) is -1.50. The van der Waals surface area contributed by atoms with Gasteiger partial charge in [-0.2, -0.15) is 5.10 Å². The molecule has 0 bridgehead atoms. The molecule has 3 rings (SSSR count). The third-order valence-electron chi connectivity index (χ3n) is 5.05. The second-order valence-electron chi connectivity index (χ2n) is 8.70. The third kappa shape index (κ3) is 5.23. The monoisotopic (exact) mass is 441 g/mol. The summed E-state index contributed by atoms with van der Waals surface area (Å²) < 4.78 is 15.6. The molecule has 0 spiro atoms. The van der Waals surface area contributed by atoms with Gasteiger partial charge in [0, 0.05) is 17.6 Å². The molecule has 0 aliphatic carbocycles. The Labute approximate surface area is 185 Å². The molecule has 1 heterocycles. The molecule has 0 saturated carbocycles. The Bertz CT molecular complexity index is 1120. The summed E-state index contributed by atoms with van der Waals surface area (Å²) in [6, 6.07) is 10.5. The molecule has 9 heteroatoms. The molecule has 1 unspecified atom stereocenters. The SMILES string of the molecule is CC(C)(C)C(NC(=O)c1nn(Cc2ccc(N)cc2)c2ccc(F)cc12)C(=O)NCCO. The van der Waals surface area contributed by atoms with Gasteiger partial charge in [0.25, 0.3) is 5.91 Å². The second kappa shape index (κ2) is 9.35. The first-order chi connectivity index (χ1) is 15.1. The number of carbonyl (C=O) groups excluding carboxylic acids is 2. The molecule has 0 saturated heterocycles. The summed E-state index contributed by atoms with van der Waals surface area (Å²) in [5, 5.41) is 19.1. The maximum Gasteiger partial charge on any atom is 0.273 e. The fourth-order valence-corrected chi connectivity index (χ4v) is 3.39. The number of carbonyl (C=O) groups is 2. The van der Waals surface area contributed by atoms with Gasteiger partial charge in [0.1, 0.15) is 11.9 Å². The van der Waals surface area contributed by atoms with Crippen molar-refractivity contribution in [3.05, 3.63) is 59.5 Å². The van der Waals surface area contributed by atoms with Gasteiger partial charge in [-0.25, -0.2) is 4.39 Å². The van der Waals surface area contributed by atoms with Crippen LogP contribution in [-0.4, -0.2) is 45.9 Å². The maximum absolute atomic E-state index is 14.0. The topological polar surface area (TPSA) is 122 Å². The van der Waals surface area contributed by atoms with Gasteiger partial charge in [-0.3, -0.25) is 14.3 Å². The summed E-state index contributed by atoms with van der Waals surface area (Å²) in [7, 11) is 0. The van der Waals surface area contributed by atoms with Crippen molar-refractivity contribution in [1.29, 1.82) is 0 Å². The molecule has 0 aliphatic heterocycles. The van der Waals surface area contributed by atoms with Crippen LogP contribution in [0.4, 0.5) is 10.1 Å². The Balaban J connectivity index is 1.96. The van der Waals surface area contributed by atoms with Gasteiger partial charge in [-0.1, -0.05) is 32.9 Å². The fraction of sp³-hybridized carbons (Fsp3) is 0.348. The number of aliphatic hydroxyl groups is 1. The second-order valence-corrected chi connectivity index (χ2v) is 8.70. The first kappa shape index (κ1) is 23.2. The van der Waals surface area contributed by atoms with E-state index in [4.69, 9.17) is 10.8 Å². The van der Waals surface area contributed by atoms with Gasteiger partial charge in [0.05, 0.1) is 18.7 Å². The van der Waals surface area contributed by atoms with Crippen molar-refractivity contribution in [2.75, 3.05) is 18.9 Å². The van der Waals surface area contributed by atoms with E-state index in [0.717, 1.165) is 5.56 Å². The molecule has 2 aromatic carbocycles. The van der Waals surface area contributed by atoms with Gasteiger partial charge < -0.3 is 21.5 Å². The molecular weight excluding hydrogens is 413 g/mol. The van der Waals surface area contributed by atoms with E-state index in [1.807, 2.05) is 32.9 Å². The first-order valence-corrected chi connectivity index (χ1v) is 10.3. The van der Waals surface area contributed by atoms with Gasteiger partial charge in [0.2, 0.25) is 5.91 Å². The van der Waals surface area contributed by atoms with Crippen molar-refractivity contribution in [3.63, 3.8) is 0 Å². The molecule has 0 radical (unpaired) electrons. The number of aromatic nitrogens is 2. The van der Waals surface area contributed by atoms with Crippen LogP contribution in [0.2, 0.25) is 0 Å². The summed E-state index contributed by atoms with van der Waals surface area (Å²) in [4.78, 5) is 25.7. The van der Waals surface area contributed by atoms with Crippen molar-refractivity contribution in [1.82, 2.24) is 20.4 Å². The fourth-order valence-electron chi connectivity index (χ4n) is 3.39. The van der Waals surface area contributed by atoms with Crippen LogP contribution in [0.3, 0.4) is 0 Å². The zero-order valence-corrected chi connectivity index (χ0v) is 18.4.